The maximum atomic E-state index is 3.32. The quantitative estimate of drug-likeness (QED) is 0.532. The fourth-order valence-corrected chi connectivity index (χ4v) is 1.08. The Balaban J connectivity index is -0.000000500. The molecule has 0 heterocycles. The summed E-state index contributed by atoms with van der Waals surface area (Å²) in [6, 6.07) is 0. The van der Waals surface area contributed by atoms with Crippen molar-refractivity contribution < 1.29 is 2.85 Å². The summed E-state index contributed by atoms with van der Waals surface area (Å²) in [4.78, 5) is 0. The zero-order valence-electron chi connectivity index (χ0n) is 7.95. The van der Waals surface area contributed by atoms with Gasteiger partial charge in [-0.25, -0.2) is 0 Å². The molecule has 0 saturated carbocycles. The predicted molar refractivity (Wildman–Crippen MR) is 55.2 cm³/mol. The van der Waals surface area contributed by atoms with Crippen LogP contribution >= 0.6 is 0 Å². The smallest absolute Gasteiger partial charge is 0 e. The summed E-state index contributed by atoms with van der Waals surface area (Å²) in [6.45, 7) is 5.62. The minimum Gasteiger partial charge on any atom is -0.320 e. The van der Waals surface area contributed by atoms with Crippen molar-refractivity contribution in [3.05, 3.63) is 0 Å². The zero-order chi connectivity index (χ0) is 8.36. The molecule has 0 atom stereocenters. The van der Waals surface area contributed by atoms with Gasteiger partial charge in [-0.3, -0.25) is 0 Å². The van der Waals surface area contributed by atoms with Crippen molar-refractivity contribution in [3.8, 4) is 0 Å². The molecule has 2 heteroatoms. The first-order valence-corrected chi connectivity index (χ1v) is 4.77. The fourth-order valence-electron chi connectivity index (χ4n) is 1.08. The number of nitrogens with one attached hydrogen (secondary N) is 2. The largest absolute Gasteiger partial charge is 0.320 e. The van der Waals surface area contributed by atoms with E-state index in [2.05, 4.69) is 17.6 Å². The van der Waals surface area contributed by atoms with Crippen molar-refractivity contribution in [3.63, 3.8) is 0 Å². The molecule has 2 nitrogen and oxygen atoms in total. The lowest BCUT2D eigenvalue weighted by atomic mass is 10.2. The molecule has 0 aliphatic rings. The molecule has 0 aromatic carbocycles. The molecule has 0 aliphatic carbocycles. The second-order valence-electron chi connectivity index (χ2n) is 2.87. The van der Waals surface area contributed by atoms with E-state index in [4.69, 9.17) is 0 Å². The Kier molecular flexibility index (Phi) is 9.85. The highest BCUT2D eigenvalue weighted by Gasteiger charge is 1.87. The lowest BCUT2D eigenvalue weighted by Gasteiger charge is -2.01. The average molecular weight is 162 g/mol. The summed E-state index contributed by atoms with van der Waals surface area (Å²) in [5, 5.41) is 6.48. The van der Waals surface area contributed by atoms with Gasteiger partial charge in [-0.15, -0.1) is 0 Å². The van der Waals surface area contributed by atoms with Crippen LogP contribution in [0.25, 0.3) is 0 Å². The molecule has 0 amide bonds. The molecular weight excluding hydrogens is 136 g/mol. The minimum atomic E-state index is 0. The van der Waals surface area contributed by atoms with Gasteiger partial charge in [-0.05, 0) is 39.5 Å². The van der Waals surface area contributed by atoms with Crippen LogP contribution in [0, 0.1) is 0 Å². The van der Waals surface area contributed by atoms with E-state index in [0.29, 0.717) is 0 Å². The Morgan fingerprint density at radius 3 is 2.18 bits per heavy atom. The molecule has 0 fully saturated rings. The molecule has 0 rings (SSSR count). The molecule has 72 valence electrons. The van der Waals surface area contributed by atoms with Crippen molar-refractivity contribution in [1.82, 2.24) is 10.6 Å². The molecular formula is C9H26N2. The molecule has 0 saturated heterocycles. The topological polar surface area (TPSA) is 24.1 Å². The summed E-state index contributed by atoms with van der Waals surface area (Å²) in [7, 11) is 2.01. The number of unbranched alkanes of at least 4 members (excludes halogenated alkanes) is 3. The molecule has 0 aromatic heterocycles. The molecule has 0 aromatic rings. The van der Waals surface area contributed by atoms with Gasteiger partial charge in [0.2, 0.25) is 0 Å². The van der Waals surface area contributed by atoms with E-state index in [1.807, 2.05) is 7.05 Å². The summed E-state index contributed by atoms with van der Waals surface area (Å²) in [5.41, 5.74) is 0. The van der Waals surface area contributed by atoms with Crippen LogP contribution < -0.4 is 10.6 Å². The molecule has 0 radical (unpaired) electrons. The Morgan fingerprint density at radius 2 is 1.64 bits per heavy atom. The van der Waals surface area contributed by atoms with Crippen molar-refractivity contribution in [2.75, 3.05) is 26.7 Å². The molecule has 0 bridgehead atoms. The van der Waals surface area contributed by atoms with Crippen molar-refractivity contribution >= 4 is 0 Å². The number of rotatable bonds is 8. The first-order chi connectivity index (χ1) is 5.41. The van der Waals surface area contributed by atoms with Gasteiger partial charge in [0.15, 0.2) is 0 Å². The minimum absolute atomic E-state index is 0. The van der Waals surface area contributed by atoms with E-state index in [0.717, 1.165) is 6.54 Å². The summed E-state index contributed by atoms with van der Waals surface area (Å²) >= 11 is 0. The van der Waals surface area contributed by atoms with Gasteiger partial charge in [0.25, 0.3) is 0 Å². The predicted octanol–water partition coefficient (Wildman–Crippen LogP) is 1.87. The lowest BCUT2D eigenvalue weighted by molar-refractivity contribution is 0.586. The van der Waals surface area contributed by atoms with Crippen LogP contribution in [0.4, 0.5) is 0 Å². The Labute approximate surface area is 73.7 Å². The van der Waals surface area contributed by atoms with E-state index >= 15 is 0 Å². The van der Waals surface area contributed by atoms with Crippen molar-refractivity contribution in [2.45, 2.75) is 32.6 Å². The average Bonchev–Trinajstić information content (AvgIpc) is 2.03. The van der Waals surface area contributed by atoms with Crippen LogP contribution in [0.5, 0.6) is 0 Å². The van der Waals surface area contributed by atoms with Crippen molar-refractivity contribution in [1.29, 1.82) is 0 Å². The van der Waals surface area contributed by atoms with Crippen LogP contribution in [-0.2, 0) is 0 Å². The third-order valence-electron chi connectivity index (χ3n) is 1.78. The van der Waals surface area contributed by atoms with E-state index in [1.54, 1.807) is 0 Å². The van der Waals surface area contributed by atoms with E-state index in [1.165, 1.54) is 38.8 Å². The highest BCUT2D eigenvalue weighted by atomic mass is 14.8. The Bertz CT molecular complexity index is 64.6. The monoisotopic (exact) mass is 162 g/mol. The van der Waals surface area contributed by atoms with E-state index in [9.17, 15) is 0 Å². The second-order valence-corrected chi connectivity index (χ2v) is 2.87. The third kappa shape index (κ3) is 9.92. The van der Waals surface area contributed by atoms with Gasteiger partial charge in [-0.1, -0.05) is 19.8 Å². The van der Waals surface area contributed by atoms with Gasteiger partial charge in [0, 0.05) is 2.85 Å². The maximum Gasteiger partial charge on any atom is 0 e. The number of hydrogen-bond acceptors (Lipinski definition) is 2. The van der Waals surface area contributed by atoms with Crippen LogP contribution in [0.15, 0.2) is 0 Å². The molecule has 0 spiro atoms. The molecule has 0 aliphatic heterocycles. The first-order valence-electron chi connectivity index (χ1n) is 4.77. The SMILES string of the molecule is CCNCCCCCCNC.[HH].[HH]. The molecule has 0 unspecified atom stereocenters. The van der Waals surface area contributed by atoms with Gasteiger partial charge < -0.3 is 10.6 Å². The normalized spacial score (nSPS) is 10.4. The van der Waals surface area contributed by atoms with Crippen LogP contribution in [-0.4, -0.2) is 26.7 Å². The standard InChI is InChI=1S/C9H22N2.2H2/c1-3-11-9-7-5-4-6-8-10-2;;/h10-11H,3-9H2,1-2H3;2*1H. The van der Waals surface area contributed by atoms with Gasteiger partial charge in [0.05, 0.1) is 0 Å². The second kappa shape index (κ2) is 9.92. The van der Waals surface area contributed by atoms with E-state index in [-0.39, 0.29) is 2.85 Å². The van der Waals surface area contributed by atoms with Gasteiger partial charge in [-0.2, -0.15) is 0 Å². The van der Waals surface area contributed by atoms with Crippen molar-refractivity contribution in [2.24, 2.45) is 0 Å². The third-order valence-corrected chi connectivity index (χ3v) is 1.78. The van der Waals surface area contributed by atoms with Gasteiger partial charge >= 0.3 is 0 Å². The fraction of sp³-hybridized carbons (Fsp3) is 1.00. The first kappa shape index (κ1) is 10.9. The van der Waals surface area contributed by atoms with Crippen LogP contribution in [0.2, 0.25) is 0 Å². The summed E-state index contributed by atoms with van der Waals surface area (Å²) in [6.07, 6.45) is 5.39. The number of hydrogen-bond donors (Lipinski definition) is 2. The lowest BCUT2D eigenvalue weighted by Crippen LogP contribution is -2.14. The zero-order valence-corrected chi connectivity index (χ0v) is 7.95. The molecule has 2 N–H and O–H groups in total. The van der Waals surface area contributed by atoms with Gasteiger partial charge in [0.1, 0.15) is 0 Å². The van der Waals surface area contributed by atoms with E-state index < -0.39 is 0 Å². The summed E-state index contributed by atoms with van der Waals surface area (Å²) < 4.78 is 0. The molecule has 11 heavy (non-hydrogen) atoms. The Hall–Kier alpha value is -0.0800. The maximum absolute atomic E-state index is 3.32. The highest BCUT2D eigenvalue weighted by molar-refractivity contribution is 4.47. The summed E-state index contributed by atoms with van der Waals surface area (Å²) in [5.74, 6) is 0. The van der Waals surface area contributed by atoms with Crippen LogP contribution in [0.1, 0.15) is 35.5 Å². The van der Waals surface area contributed by atoms with Crippen LogP contribution in [0.3, 0.4) is 0 Å². The Morgan fingerprint density at radius 1 is 1.00 bits per heavy atom. The highest BCUT2D eigenvalue weighted by Crippen LogP contribution is 1.96.